The highest BCUT2D eigenvalue weighted by atomic mass is 17.7. The number of hydrogen-bond acceptors (Lipinski definition) is 4. The second-order valence-electron chi connectivity index (χ2n) is 0.469. The van der Waals surface area contributed by atoms with Crippen molar-refractivity contribution in [3.63, 3.8) is 0 Å². The monoisotopic (exact) mass is 94.0 g/mol. The summed E-state index contributed by atoms with van der Waals surface area (Å²) in [4.78, 5) is 7.87. The Morgan fingerprint density at radius 2 is 1.17 bits per heavy atom. The van der Waals surface area contributed by atoms with Crippen molar-refractivity contribution in [2.24, 2.45) is 0 Å². The molecule has 0 saturated heterocycles. The average molecular weight is 94.1 g/mol. The lowest BCUT2D eigenvalue weighted by molar-refractivity contribution is -0.622. The van der Waals surface area contributed by atoms with E-state index in [0.29, 0.717) is 0 Å². The summed E-state index contributed by atoms with van der Waals surface area (Å²) in [7, 11) is 2.61. The number of hydrogen-bond donors (Lipinski definition) is 0. The van der Waals surface area contributed by atoms with Crippen LogP contribution >= 0.6 is 0 Å². The third-order valence-corrected chi connectivity index (χ3v) is 0.164. The maximum Gasteiger partial charge on any atom is 0.0745 e. The summed E-state index contributed by atoms with van der Waals surface area (Å²) in [5, 5.41) is 7.52. The lowest BCUT2D eigenvalue weighted by Gasteiger charge is -1.89. The Balaban J connectivity index is 2.34. The van der Waals surface area contributed by atoms with Crippen molar-refractivity contribution in [1.29, 1.82) is 0 Å². The molecule has 6 heavy (non-hydrogen) atoms. The molecule has 4 nitrogen and oxygen atoms in total. The largest absolute Gasteiger partial charge is 0.207 e. The first-order valence-electron chi connectivity index (χ1n) is 1.32. The highest BCUT2D eigenvalue weighted by Crippen LogP contribution is 1.72. The molecule has 0 saturated carbocycles. The van der Waals surface area contributed by atoms with Crippen LogP contribution in [0.15, 0.2) is 0 Å². The van der Waals surface area contributed by atoms with Gasteiger partial charge in [0.1, 0.15) is 0 Å². The Hall–Kier alpha value is -0.160. The molecule has 0 aliphatic rings. The molecule has 0 atom stereocenters. The maximum atomic E-state index is 3.94. The van der Waals surface area contributed by atoms with Gasteiger partial charge < -0.3 is 0 Å². The van der Waals surface area contributed by atoms with Gasteiger partial charge in [0.25, 0.3) is 0 Å². The first-order chi connectivity index (χ1) is 2.91. The van der Waals surface area contributed by atoms with Crippen LogP contribution in [0.25, 0.3) is 0 Å². The van der Waals surface area contributed by atoms with E-state index in [1.54, 1.807) is 0 Å². The Bertz CT molecular complexity index is 17.5. The zero-order valence-corrected chi connectivity index (χ0v) is 3.63. The molecule has 0 aromatic rings. The van der Waals surface area contributed by atoms with Crippen LogP contribution in [-0.4, -0.2) is 14.2 Å². The second-order valence-corrected chi connectivity index (χ2v) is 0.469. The van der Waals surface area contributed by atoms with Gasteiger partial charge in [0.15, 0.2) is 0 Å². The highest BCUT2D eigenvalue weighted by Gasteiger charge is 1.72. The quantitative estimate of drug-likeness (QED) is 0.281. The van der Waals surface area contributed by atoms with Gasteiger partial charge in [0.2, 0.25) is 0 Å². The Kier molecular flexibility index (Phi) is 4.71. The Morgan fingerprint density at radius 3 is 1.33 bits per heavy atom. The maximum absolute atomic E-state index is 3.94. The summed E-state index contributed by atoms with van der Waals surface area (Å²) in [6, 6.07) is 0. The molecule has 0 spiro atoms. The molecule has 0 rings (SSSR count). The van der Waals surface area contributed by atoms with Gasteiger partial charge in [-0.3, -0.25) is 0 Å². The zero-order valence-electron chi connectivity index (χ0n) is 3.63. The van der Waals surface area contributed by atoms with Gasteiger partial charge in [-0.1, -0.05) is 0 Å². The molecule has 38 valence electrons. The van der Waals surface area contributed by atoms with Crippen LogP contribution in [0.2, 0.25) is 0 Å². The van der Waals surface area contributed by atoms with E-state index in [1.807, 2.05) is 0 Å². The van der Waals surface area contributed by atoms with E-state index < -0.39 is 0 Å². The fourth-order valence-electron chi connectivity index (χ4n) is 0.0556. The molecule has 0 aromatic carbocycles. The van der Waals surface area contributed by atoms with Crippen LogP contribution in [0.3, 0.4) is 0 Å². The van der Waals surface area contributed by atoms with E-state index in [1.165, 1.54) is 14.2 Å². The summed E-state index contributed by atoms with van der Waals surface area (Å²) in [6.07, 6.45) is 0. The Labute approximate surface area is 35.3 Å². The minimum Gasteiger partial charge on any atom is -0.207 e. The smallest absolute Gasteiger partial charge is 0.0745 e. The third-order valence-electron chi connectivity index (χ3n) is 0.164. The van der Waals surface area contributed by atoms with Gasteiger partial charge in [0, 0.05) is 0 Å². The molecule has 0 aliphatic carbocycles. The third kappa shape index (κ3) is 3.84. The van der Waals surface area contributed by atoms with Gasteiger partial charge in [-0.05, 0) is 10.1 Å². The fraction of sp³-hybridized carbons (Fsp3) is 1.00. The van der Waals surface area contributed by atoms with E-state index in [4.69, 9.17) is 0 Å². The summed E-state index contributed by atoms with van der Waals surface area (Å²) in [6.45, 7) is 0. The Morgan fingerprint density at radius 1 is 0.833 bits per heavy atom. The fourth-order valence-corrected chi connectivity index (χ4v) is 0.0556. The lowest BCUT2D eigenvalue weighted by Crippen LogP contribution is -1.89. The first kappa shape index (κ1) is 5.84. The lowest BCUT2D eigenvalue weighted by atomic mass is 11.8. The topological polar surface area (TPSA) is 36.9 Å². The molecule has 0 heterocycles. The van der Waals surface area contributed by atoms with Gasteiger partial charge in [0.05, 0.1) is 14.2 Å². The van der Waals surface area contributed by atoms with Crippen molar-refractivity contribution in [3.05, 3.63) is 0 Å². The van der Waals surface area contributed by atoms with Crippen molar-refractivity contribution in [1.82, 2.24) is 0 Å². The van der Waals surface area contributed by atoms with Crippen LogP contribution in [0.4, 0.5) is 0 Å². The normalized spacial score (nSPS) is 9.00. The van der Waals surface area contributed by atoms with Crippen LogP contribution in [-0.2, 0) is 19.9 Å². The van der Waals surface area contributed by atoms with E-state index in [9.17, 15) is 0 Å². The summed E-state index contributed by atoms with van der Waals surface area (Å²) < 4.78 is 0. The molecule has 0 bridgehead atoms. The molecule has 4 heteroatoms. The second kappa shape index (κ2) is 4.84. The molecular weight excluding hydrogens is 88.0 g/mol. The summed E-state index contributed by atoms with van der Waals surface area (Å²) in [5.41, 5.74) is 0. The standard InChI is InChI=1S/C2H6O4/c1-3-5-6-4-2/h1-2H3. The van der Waals surface area contributed by atoms with Gasteiger partial charge in [-0.15, -0.1) is 0 Å². The van der Waals surface area contributed by atoms with Crippen molar-refractivity contribution < 1.29 is 19.9 Å². The van der Waals surface area contributed by atoms with Crippen LogP contribution in [0.5, 0.6) is 0 Å². The molecule has 0 unspecified atom stereocenters. The zero-order chi connectivity index (χ0) is 4.83. The van der Waals surface area contributed by atoms with Crippen molar-refractivity contribution >= 4 is 0 Å². The van der Waals surface area contributed by atoms with Crippen molar-refractivity contribution in [2.75, 3.05) is 14.2 Å². The molecule has 0 radical (unpaired) electrons. The minimum absolute atomic E-state index is 1.30. The number of rotatable bonds is 3. The van der Waals surface area contributed by atoms with E-state index in [0.717, 1.165) is 0 Å². The minimum atomic E-state index is 1.30. The molecular formula is C2H6O4. The van der Waals surface area contributed by atoms with Gasteiger partial charge in [-0.2, -0.15) is 0 Å². The highest BCUT2D eigenvalue weighted by molar-refractivity contribution is 3.40. The van der Waals surface area contributed by atoms with Crippen molar-refractivity contribution in [3.8, 4) is 0 Å². The molecule has 0 N–H and O–H groups in total. The van der Waals surface area contributed by atoms with E-state index in [2.05, 4.69) is 19.9 Å². The van der Waals surface area contributed by atoms with Crippen LogP contribution in [0, 0.1) is 0 Å². The van der Waals surface area contributed by atoms with E-state index >= 15 is 0 Å². The summed E-state index contributed by atoms with van der Waals surface area (Å²) >= 11 is 0. The average Bonchev–Trinajstić information content (AvgIpc) is 1.61. The molecule has 0 aromatic heterocycles. The molecule has 0 amide bonds. The molecule has 0 aliphatic heterocycles. The SMILES string of the molecule is COOOOC. The van der Waals surface area contributed by atoms with Gasteiger partial charge in [-0.25, -0.2) is 9.78 Å². The first-order valence-corrected chi connectivity index (χ1v) is 1.32. The van der Waals surface area contributed by atoms with Crippen LogP contribution in [0.1, 0.15) is 0 Å². The predicted molar refractivity (Wildman–Crippen MR) is 16.2 cm³/mol. The van der Waals surface area contributed by atoms with Crippen molar-refractivity contribution in [2.45, 2.75) is 0 Å². The van der Waals surface area contributed by atoms with Crippen LogP contribution < -0.4 is 0 Å². The van der Waals surface area contributed by atoms with E-state index in [-0.39, 0.29) is 0 Å². The predicted octanol–water partition coefficient (Wildman–Crippen LogP) is 0.0574. The summed E-state index contributed by atoms with van der Waals surface area (Å²) in [5.74, 6) is 0. The molecule has 0 fully saturated rings. The van der Waals surface area contributed by atoms with Gasteiger partial charge >= 0.3 is 0 Å².